The summed E-state index contributed by atoms with van der Waals surface area (Å²) in [5, 5.41) is 2.18. The maximum Gasteiger partial charge on any atom is 0.161 e. The minimum absolute atomic E-state index is 0.530. The van der Waals surface area contributed by atoms with Crippen molar-refractivity contribution in [3.05, 3.63) is 24.3 Å². The fourth-order valence-corrected chi connectivity index (χ4v) is 1.67. The molecule has 1 aromatic carbocycles. The molecule has 2 N–H and O–H groups in total. The van der Waals surface area contributed by atoms with Crippen LogP contribution in [-0.2, 0) is 9.47 Å². The van der Waals surface area contributed by atoms with Gasteiger partial charge in [0.2, 0.25) is 0 Å². The largest absolute Gasteiger partial charge is 0.490 e. The van der Waals surface area contributed by atoms with Gasteiger partial charge < -0.3 is 24.3 Å². The molecule has 0 spiro atoms. The number of quaternary nitrogens is 1. The van der Waals surface area contributed by atoms with E-state index in [0.717, 1.165) is 37.8 Å². The minimum atomic E-state index is 0.530. The normalized spacial score (nSPS) is 10.5. The topological polar surface area (TPSA) is 53.5 Å². The van der Waals surface area contributed by atoms with Crippen LogP contribution in [0.2, 0.25) is 0 Å². The van der Waals surface area contributed by atoms with Crippen LogP contribution in [-0.4, -0.2) is 53.2 Å². The Labute approximate surface area is 121 Å². The summed E-state index contributed by atoms with van der Waals surface area (Å²) in [6.07, 6.45) is 0. The molecule has 0 unspecified atom stereocenters. The fourth-order valence-electron chi connectivity index (χ4n) is 1.67. The van der Waals surface area contributed by atoms with Crippen LogP contribution in [0.15, 0.2) is 24.3 Å². The first-order valence-corrected chi connectivity index (χ1v) is 7.11. The number of ether oxygens (including phenoxy) is 4. The second-order valence-electron chi connectivity index (χ2n) is 4.20. The Hall–Kier alpha value is -1.30. The van der Waals surface area contributed by atoms with Gasteiger partial charge in [-0.15, -0.1) is 0 Å². The molecule has 0 heterocycles. The Bertz CT molecular complexity index is 346. The maximum atomic E-state index is 5.65. The standard InChI is InChI=1S/C15H25NO4/c1-3-19-14-6-4-5-7-15(14)20-13-12-18-11-9-16-8-10-17-2/h4-7,16H,3,8-13H2,1-2H3/p+1. The van der Waals surface area contributed by atoms with E-state index in [1.54, 1.807) is 7.11 Å². The third kappa shape index (κ3) is 7.33. The van der Waals surface area contributed by atoms with Crippen molar-refractivity contribution in [1.82, 2.24) is 0 Å². The third-order valence-corrected chi connectivity index (χ3v) is 2.63. The average molecular weight is 284 g/mol. The second-order valence-corrected chi connectivity index (χ2v) is 4.20. The van der Waals surface area contributed by atoms with Crippen molar-refractivity contribution in [1.29, 1.82) is 0 Å². The summed E-state index contributed by atoms with van der Waals surface area (Å²) in [6, 6.07) is 7.68. The van der Waals surface area contributed by atoms with Crippen molar-refractivity contribution in [3.63, 3.8) is 0 Å². The monoisotopic (exact) mass is 284 g/mol. The second kappa shape index (κ2) is 11.5. The Balaban J connectivity index is 2.06. The number of rotatable bonds is 12. The Kier molecular flexibility index (Phi) is 9.65. The zero-order valence-electron chi connectivity index (χ0n) is 12.5. The van der Waals surface area contributed by atoms with E-state index in [1.807, 2.05) is 31.2 Å². The number of hydrogen-bond acceptors (Lipinski definition) is 4. The van der Waals surface area contributed by atoms with Crippen molar-refractivity contribution in [2.24, 2.45) is 0 Å². The summed E-state index contributed by atoms with van der Waals surface area (Å²) < 4.78 is 21.6. The molecule has 1 aromatic rings. The summed E-state index contributed by atoms with van der Waals surface area (Å²) in [5.74, 6) is 1.55. The highest BCUT2D eigenvalue weighted by atomic mass is 16.5. The maximum absolute atomic E-state index is 5.65. The first kappa shape index (κ1) is 16.8. The van der Waals surface area contributed by atoms with Gasteiger partial charge in [0.25, 0.3) is 0 Å². The van der Waals surface area contributed by atoms with Crippen LogP contribution in [0.25, 0.3) is 0 Å². The number of nitrogens with two attached hydrogens (primary N) is 1. The molecular formula is C15H26NO4+. The smallest absolute Gasteiger partial charge is 0.161 e. The van der Waals surface area contributed by atoms with Crippen LogP contribution < -0.4 is 14.8 Å². The van der Waals surface area contributed by atoms with E-state index in [4.69, 9.17) is 18.9 Å². The van der Waals surface area contributed by atoms with Gasteiger partial charge in [-0.05, 0) is 19.1 Å². The third-order valence-electron chi connectivity index (χ3n) is 2.63. The Morgan fingerprint density at radius 2 is 1.60 bits per heavy atom. The molecule has 0 fully saturated rings. The van der Waals surface area contributed by atoms with Gasteiger partial charge in [-0.1, -0.05) is 12.1 Å². The van der Waals surface area contributed by atoms with Crippen molar-refractivity contribution in [2.75, 3.05) is 53.2 Å². The van der Waals surface area contributed by atoms with E-state index in [-0.39, 0.29) is 0 Å². The highest BCUT2D eigenvalue weighted by Gasteiger charge is 2.02. The molecule has 5 nitrogen and oxygen atoms in total. The van der Waals surface area contributed by atoms with Gasteiger partial charge in [0.05, 0.1) is 39.5 Å². The van der Waals surface area contributed by atoms with Crippen LogP contribution in [0.4, 0.5) is 0 Å². The van der Waals surface area contributed by atoms with Gasteiger partial charge in [0.15, 0.2) is 11.5 Å². The number of methoxy groups -OCH3 is 1. The molecule has 5 heteroatoms. The summed E-state index contributed by atoms with van der Waals surface area (Å²) in [4.78, 5) is 0. The van der Waals surface area contributed by atoms with Gasteiger partial charge in [-0.25, -0.2) is 0 Å². The van der Waals surface area contributed by atoms with Gasteiger partial charge in [-0.2, -0.15) is 0 Å². The van der Waals surface area contributed by atoms with Crippen LogP contribution in [0, 0.1) is 0 Å². The van der Waals surface area contributed by atoms with Crippen molar-refractivity contribution < 1.29 is 24.3 Å². The van der Waals surface area contributed by atoms with E-state index >= 15 is 0 Å². The lowest BCUT2D eigenvalue weighted by molar-refractivity contribution is -0.657. The minimum Gasteiger partial charge on any atom is -0.490 e. The number of hydrogen-bond donors (Lipinski definition) is 1. The summed E-state index contributed by atoms with van der Waals surface area (Å²) in [7, 11) is 1.71. The fraction of sp³-hybridized carbons (Fsp3) is 0.600. The van der Waals surface area contributed by atoms with Gasteiger partial charge in [0.1, 0.15) is 6.61 Å². The van der Waals surface area contributed by atoms with Gasteiger partial charge in [-0.3, -0.25) is 0 Å². The van der Waals surface area contributed by atoms with Gasteiger partial charge in [0, 0.05) is 7.11 Å². The lowest BCUT2D eigenvalue weighted by atomic mass is 10.3. The lowest BCUT2D eigenvalue weighted by Crippen LogP contribution is -2.86. The molecule has 0 saturated heterocycles. The van der Waals surface area contributed by atoms with Gasteiger partial charge >= 0.3 is 0 Å². The predicted molar refractivity (Wildman–Crippen MR) is 77.5 cm³/mol. The summed E-state index contributed by atoms with van der Waals surface area (Å²) >= 11 is 0. The zero-order chi connectivity index (χ0) is 14.5. The average Bonchev–Trinajstić information content (AvgIpc) is 2.47. The van der Waals surface area contributed by atoms with E-state index < -0.39 is 0 Å². The van der Waals surface area contributed by atoms with Crippen LogP contribution in [0.1, 0.15) is 6.92 Å². The van der Waals surface area contributed by atoms with E-state index in [1.165, 1.54) is 0 Å². The van der Waals surface area contributed by atoms with Crippen LogP contribution in [0.3, 0.4) is 0 Å². The highest BCUT2D eigenvalue weighted by Crippen LogP contribution is 2.26. The molecular weight excluding hydrogens is 258 g/mol. The van der Waals surface area contributed by atoms with Crippen LogP contribution in [0.5, 0.6) is 11.5 Å². The molecule has 0 aliphatic heterocycles. The molecule has 0 aromatic heterocycles. The molecule has 1 rings (SSSR count). The van der Waals surface area contributed by atoms with Crippen LogP contribution >= 0.6 is 0 Å². The molecule has 0 aliphatic rings. The Morgan fingerprint density at radius 1 is 0.900 bits per heavy atom. The van der Waals surface area contributed by atoms with Crippen molar-refractivity contribution in [2.45, 2.75) is 6.92 Å². The summed E-state index contributed by atoms with van der Waals surface area (Å²) in [6.45, 7) is 7.11. The molecule has 0 amide bonds. The molecule has 0 aliphatic carbocycles. The molecule has 0 bridgehead atoms. The quantitative estimate of drug-likeness (QED) is 0.574. The molecule has 0 saturated carbocycles. The summed E-state index contributed by atoms with van der Waals surface area (Å²) in [5.41, 5.74) is 0. The molecule has 114 valence electrons. The van der Waals surface area contributed by atoms with Crippen molar-refractivity contribution in [3.8, 4) is 11.5 Å². The Morgan fingerprint density at radius 3 is 2.30 bits per heavy atom. The lowest BCUT2D eigenvalue weighted by Gasteiger charge is -2.11. The highest BCUT2D eigenvalue weighted by molar-refractivity contribution is 5.39. The van der Waals surface area contributed by atoms with E-state index in [0.29, 0.717) is 19.8 Å². The number of para-hydroxylation sites is 2. The predicted octanol–water partition coefficient (Wildman–Crippen LogP) is 0.691. The zero-order valence-corrected chi connectivity index (χ0v) is 12.5. The molecule has 0 radical (unpaired) electrons. The first-order chi connectivity index (χ1) is 9.88. The molecule has 20 heavy (non-hydrogen) atoms. The van der Waals surface area contributed by atoms with E-state index in [9.17, 15) is 0 Å². The van der Waals surface area contributed by atoms with E-state index in [2.05, 4.69) is 5.32 Å². The number of benzene rings is 1. The van der Waals surface area contributed by atoms with Crippen molar-refractivity contribution >= 4 is 0 Å². The first-order valence-electron chi connectivity index (χ1n) is 7.11. The SMILES string of the molecule is CCOc1ccccc1OCCOCC[NH2+]CCOC. The molecule has 0 atom stereocenters.